The Morgan fingerprint density at radius 1 is 0.823 bits per heavy atom. The van der Waals surface area contributed by atoms with Crippen LogP contribution in [0.2, 0.25) is 18.1 Å². The second-order valence-corrected chi connectivity index (χ2v) is 21.4. The molecule has 4 heterocycles. The number of hydrogen-bond acceptors (Lipinski definition) is 11. The van der Waals surface area contributed by atoms with Crippen LogP contribution in [0.15, 0.2) is 85.1 Å². The first kappa shape index (κ1) is 43.6. The fourth-order valence-corrected chi connectivity index (χ4v) is 7.78. The SMILES string of the molecule is COc1ccc(Cn2nc(-c3c(OCc4ccccc4)c(C)nn3CCO[Si](C)(C)C(C)(C)C)nc2-n2nc(C(=O)NCc3ccc(OC)cc3OC)c3cc(C)ncc32)cc1. The van der Waals surface area contributed by atoms with Crippen molar-refractivity contribution in [2.45, 2.75) is 79.0 Å². The third-order valence-electron chi connectivity index (χ3n) is 11.3. The van der Waals surface area contributed by atoms with E-state index in [1.165, 1.54) is 0 Å². The molecule has 0 spiro atoms. The van der Waals surface area contributed by atoms with E-state index >= 15 is 0 Å². The lowest BCUT2D eigenvalue weighted by atomic mass is 10.1. The average molecular weight is 858 g/mol. The topological polar surface area (TPSA) is 154 Å². The van der Waals surface area contributed by atoms with E-state index in [2.05, 4.69) is 44.2 Å². The molecule has 0 unspecified atom stereocenters. The number of carbonyl (C=O) groups excluding carboxylic acids is 1. The molecule has 16 heteroatoms. The Morgan fingerprint density at radius 2 is 1.55 bits per heavy atom. The van der Waals surface area contributed by atoms with E-state index in [0.717, 1.165) is 28.1 Å². The molecule has 0 bridgehead atoms. The highest BCUT2D eigenvalue weighted by atomic mass is 28.4. The van der Waals surface area contributed by atoms with Crippen LogP contribution in [0, 0.1) is 13.8 Å². The second-order valence-electron chi connectivity index (χ2n) is 16.6. The number of aromatic nitrogens is 8. The standard InChI is InChI=1S/C46H55N9O6Si/c1-30-24-37-38(27-47-30)55(51-40(37)44(56)48-26-34-18-21-36(58-7)25-39(34)59-8)45-49-43(52-54(45)28-32-16-19-35(57-6)20-17-32)41-42(60-29-33-14-12-11-13-15-33)31(2)50-53(41)22-23-61-62(9,10)46(3,4)5/h11-21,24-25,27H,22-23,26,28-29H2,1-10H3,(H,48,56). The second kappa shape index (κ2) is 18.2. The molecule has 324 valence electrons. The van der Waals surface area contributed by atoms with Gasteiger partial charge in [-0.25, -0.2) is 4.68 Å². The van der Waals surface area contributed by atoms with E-state index in [-0.39, 0.29) is 23.2 Å². The number of benzene rings is 3. The Bertz CT molecular complexity index is 2670. The Balaban J connectivity index is 1.33. The summed E-state index contributed by atoms with van der Waals surface area (Å²) in [4.78, 5) is 23.9. The van der Waals surface area contributed by atoms with Gasteiger partial charge in [0, 0.05) is 29.3 Å². The molecule has 1 amide bonds. The molecule has 0 aliphatic carbocycles. The predicted octanol–water partition coefficient (Wildman–Crippen LogP) is 8.10. The van der Waals surface area contributed by atoms with Gasteiger partial charge < -0.3 is 28.7 Å². The zero-order chi connectivity index (χ0) is 44.2. The molecular weight excluding hydrogens is 803 g/mol. The van der Waals surface area contributed by atoms with Crippen LogP contribution in [0.4, 0.5) is 0 Å². The number of amides is 1. The monoisotopic (exact) mass is 857 g/mol. The molecule has 0 saturated heterocycles. The van der Waals surface area contributed by atoms with E-state index in [0.29, 0.717) is 77.6 Å². The smallest absolute Gasteiger partial charge is 0.272 e. The van der Waals surface area contributed by atoms with Gasteiger partial charge in [-0.15, -0.1) is 5.10 Å². The van der Waals surface area contributed by atoms with Gasteiger partial charge in [-0.05, 0) is 73.4 Å². The quantitative estimate of drug-likeness (QED) is 0.0884. The fraction of sp³-hybridized carbons (Fsp3) is 0.348. The van der Waals surface area contributed by atoms with Crippen LogP contribution in [0.1, 0.15) is 59.3 Å². The van der Waals surface area contributed by atoms with E-state index in [1.807, 2.05) is 91.3 Å². The van der Waals surface area contributed by atoms with Gasteiger partial charge in [0.1, 0.15) is 35.2 Å². The van der Waals surface area contributed by atoms with Gasteiger partial charge in [-0.1, -0.05) is 63.2 Å². The van der Waals surface area contributed by atoms with Crippen LogP contribution in [-0.2, 0) is 30.7 Å². The van der Waals surface area contributed by atoms with Crippen LogP contribution in [0.3, 0.4) is 0 Å². The lowest BCUT2D eigenvalue weighted by Crippen LogP contribution is -2.41. The third-order valence-corrected chi connectivity index (χ3v) is 15.8. The summed E-state index contributed by atoms with van der Waals surface area (Å²) < 4.78 is 34.9. The number of fused-ring (bicyclic) bond motifs is 1. The molecule has 3 aromatic carbocycles. The number of hydrogen-bond donors (Lipinski definition) is 1. The Morgan fingerprint density at radius 3 is 2.24 bits per heavy atom. The van der Waals surface area contributed by atoms with Crippen molar-refractivity contribution in [3.05, 3.63) is 119 Å². The maximum Gasteiger partial charge on any atom is 0.272 e. The van der Waals surface area contributed by atoms with Gasteiger partial charge in [0.25, 0.3) is 11.9 Å². The van der Waals surface area contributed by atoms with Gasteiger partial charge in [0.15, 0.2) is 19.8 Å². The van der Waals surface area contributed by atoms with Crippen molar-refractivity contribution in [1.82, 2.24) is 44.6 Å². The van der Waals surface area contributed by atoms with Crippen LogP contribution in [0.25, 0.3) is 28.4 Å². The summed E-state index contributed by atoms with van der Waals surface area (Å²) >= 11 is 0. The highest BCUT2D eigenvalue weighted by molar-refractivity contribution is 6.74. The van der Waals surface area contributed by atoms with Crippen LogP contribution in [-0.4, -0.2) is 81.5 Å². The number of aryl methyl sites for hydroxylation is 2. The summed E-state index contributed by atoms with van der Waals surface area (Å²) in [5.74, 6) is 2.87. The fourth-order valence-electron chi connectivity index (χ4n) is 6.75. The van der Waals surface area contributed by atoms with E-state index in [9.17, 15) is 4.79 Å². The van der Waals surface area contributed by atoms with Crippen molar-refractivity contribution in [1.29, 1.82) is 0 Å². The molecule has 0 radical (unpaired) electrons. The highest BCUT2D eigenvalue weighted by Crippen LogP contribution is 2.37. The average Bonchev–Trinajstić information content (AvgIpc) is 3.94. The van der Waals surface area contributed by atoms with Crippen LogP contribution < -0.4 is 24.3 Å². The predicted molar refractivity (Wildman–Crippen MR) is 240 cm³/mol. The number of nitrogens with one attached hydrogen (secondary N) is 1. The van der Waals surface area contributed by atoms with Gasteiger partial charge in [-0.2, -0.15) is 19.9 Å². The van der Waals surface area contributed by atoms with E-state index < -0.39 is 8.32 Å². The Hall–Kier alpha value is -6.52. The Labute approximate surface area is 363 Å². The zero-order valence-electron chi connectivity index (χ0n) is 37.1. The summed E-state index contributed by atoms with van der Waals surface area (Å²) in [5.41, 5.74) is 5.51. The maximum atomic E-state index is 14.1. The summed E-state index contributed by atoms with van der Waals surface area (Å²) in [5, 5.41) is 18.8. The first-order valence-electron chi connectivity index (χ1n) is 20.5. The molecular formula is C46H55N9O6Si. The maximum absolute atomic E-state index is 14.1. The molecule has 1 N–H and O–H groups in total. The molecule has 0 aliphatic heterocycles. The molecule has 62 heavy (non-hydrogen) atoms. The van der Waals surface area contributed by atoms with Gasteiger partial charge in [0.2, 0.25) is 5.82 Å². The molecule has 4 aromatic heterocycles. The summed E-state index contributed by atoms with van der Waals surface area (Å²) in [6.45, 7) is 16.6. The van der Waals surface area contributed by atoms with Gasteiger partial charge >= 0.3 is 0 Å². The number of carbonyl (C=O) groups is 1. The number of nitrogens with zero attached hydrogens (tertiary/aromatic N) is 8. The lowest BCUT2D eigenvalue weighted by Gasteiger charge is -2.36. The molecule has 0 fully saturated rings. The molecule has 0 atom stereocenters. The lowest BCUT2D eigenvalue weighted by molar-refractivity contribution is 0.0946. The summed E-state index contributed by atoms with van der Waals surface area (Å²) in [6, 6.07) is 25.0. The van der Waals surface area contributed by atoms with Crippen LogP contribution >= 0.6 is 0 Å². The minimum absolute atomic E-state index is 0.0365. The normalized spacial score (nSPS) is 11.8. The Kier molecular flexibility index (Phi) is 12.8. The van der Waals surface area contributed by atoms with Crippen molar-refractivity contribution in [2.75, 3.05) is 27.9 Å². The summed E-state index contributed by atoms with van der Waals surface area (Å²) in [7, 11) is 2.74. The van der Waals surface area contributed by atoms with E-state index in [1.54, 1.807) is 43.0 Å². The summed E-state index contributed by atoms with van der Waals surface area (Å²) in [6.07, 6.45) is 1.70. The van der Waals surface area contributed by atoms with E-state index in [4.69, 9.17) is 43.7 Å². The largest absolute Gasteiger partial charge is 0.497 e. The third kappa shape index (κ3) is 9.35. The zero-order valence-corrected chi connectivity index (χ0v) is 38.1. The van der Waals surface area contributed by atoms with Crippen molar-refractivity contribution >= 4 is 25.1 Å². The number of pyridine rings is 1. The number of methoxy groups -OCH3 is 3. The molecule has 7 rings (SSSR count). The molecule has 0 aliphatic rings. The highest BCUT2D eigenvalue weighted by Gasteiger charge is 2.37. The van der Waals surface area contributed by atoms with Crippen molar-refractivity contribution < 1.29 is 28.2 Å². The number of rotatable bonds is 17. The molecule has 15 nitrogen and oxygen atoms in total. The van der Waals surface area contributed by atoms with Crippen molar-refractivity contribution in [3.63, 3.8) is 0 Å². The minimum atomic E-state index is -2.07. The van der Waals surface area contributed by atoms with Crippen molar-refractivity contribution in [3.8, 4) is 40.5 Å². The van der Waals surface area contributed by atoms with Crippen LogP contribution in [0.5, 0.6) is 23.0 Å². The van der Waals surface area contributed by atoms with Crippen molar-refractivity contribution in [2.24, 2.45) is 0 Å². The van der Waals surface area contributed by atoms with Gasteiger partial charge in [0.05, 0.1) is 52.7 Å². The minimum Gasteiger partial charge on any atom is -0.497 e. The number of ether oxygens (including phenoxy) is 4. The van der Waals surface area contributed by atoms with Gasteiger partial charge in [-0.3, -0.25) is 14.5 Å². The molecule has 7 aromatic rings. The first-order valence-corrected chi connectivity index (χ1v) is 23.4. The molecule has 0 saturated carbocycles. The first-order chi connectivity index (χ1) is 29.7.